The number of hydrogen-bond acceptors (Lipinski definition) is 2. The largest absolute Gasteiger partial charge is 0.322 e. The van der Waals surface area contributed by atoms with E-state index in [1.807, 2.05) is 24.3 Å². The zero-order valence-corrected chi connectivity index (χ0v) is 13.4. The molecule has 1 atom stereocenters. The Morgan fingerprint density at radius 2 is 1.95 bits per heavy atom. The number of pyridine rings is 1. The number of anilines is 1. The van der Waals surface area contributed by atoms with Gasteiger partial charge in [-0.05, 0) is 36.1 Å². The average molecular weight is 323 g/mol. The van der Waals surface area contributed by atoms with Crippen LogP contribution in [0.15, 0.2) is 36.5 Å². The van der Waals surface area contributed by atoms with Crippen molar-refractivity contribution in [3.63, 3.8) is 0 Å². The fraction of sp³-hybridized carbons (Fsp3) is 0.250. The summed E-state index contributed by atoms with van der Waals surface area (Å²) in [5.41, 5.74) is 2.36. The van der Waals surface area contributed by atoms with Crippen LogP contribution in [0, 0.1) is 0 Å². The summed E-state index contributed by atoms with van der Waals surface area (Å²) in [5, 5.41) is 3.26. The van der Waals surface area contributed by atoms with E-state index in [0.29, 0.717) is 11.5 Å². The second-order valence-corrected chi connectivity index (χ2v) is 5.65. The minimum Gasteiger partial charge on any atom is -0.322 e. The van der Waals surface area contributed by atoms with Gasteiger partial charge in [-0.25, -0.2) is 4.98 Å². The Balaban J connectivity index is 2.10. The summed E-state index contributed by atoms with van der Waals surface area (Å²) in [6.07, 6.45) is 2.48. The minimum atomic E-state index is -0.266. The fourth-order valence-electron chi connectivity index (χ4n) is 1.88. The Morgan fingerprint density at radius 3 is 2.52 bits per heavy atom. The number of aromatic nitrogens is 1. The van der Waals surface area contributed by atoms with Gasteiger partial charge in [0.05, 0.1) is 10.6 Å². The molecule has 0 radical (unpaired) electrons. The molecule has 1 heterocycles. The predicted molar refractivity (Wildman–Crippen MR) is 87.4 cm³/mol. The van der Waals surface area contributed by atoms with E-state index in [-0.39, 0.29) is 16.1 Å². The molecule has 0 saturated carbocycles. The summed E-state index contributed by atoms with van der Waals surface area (Å²) in [6, 6.07) is 9.34. The van der Waals surface area contributed by atoms with Crippen LogP contribution in [0.4, 0.5) is 5.69 Å². The number of rotatable bonds is 4. The van der Waals surface area contributed by atoms with Crippen LogP contribution >= 0.6 is 23.2 Å². The third-order valence-corrected chi connectivity index (χ3v) is 4.09. The summed E-state index contributed by atoms with van der Waals surface area (Å²) in [7, 11) is 0. The van der Waals surface area contributed by atoms with Crippen LogP contribution in [0.1, 0.15) is 42.1 Å². The third-order valence-electron chi connectivity index (χ3n) is 3.41. The van der Waals surface area contributed by atoms with Crippen molar-refractivity contribution >= 4 is 34.8 Å². The molecule has 0 bridgehead atoms. The van der Waals surface area contributed by atoms with Gasteiger partial charge in [-0.3, -0.25) is 4.79 Å². The maximum Gasteiger partial charge on any atom is 0.257 e. The Bertz CT molecular complexity index is 641. The normalized spacial score (nSPS) is 12.0. The van der Waals surface area contributed by atoms with Crippen molar-refractivity contribution in [2.45, 2.75) is 26.2 Å². The molecule has 0 fully saturated rings. The molecule has 0 aliphatic heterocycles. The number of nitrogens with one attached hydrogen (secondary N) is 1. The number of carbonyl (C=O) groups excluding carboxylic acids is 1. The Hall–Kier alpha value is -1.58. The molecule has 0 saturated heterocycles. The summed E-state index contributed by atoms with van der Waals surface area (Å²) < 4.78 is 0. The molecule has 2 aromatic rings. The van der Waals surface area contributed by atoms with Crippen LogP contribution in [0.5, 0.6) is 0 Å². The average Bonchev–Trinajstić information content (AvgIpc) is 2.50. The molecule has 1 aromatic carbocycles. The van der Waals surface area contributed by atoms with Crippen LogP contribution in [0.3, 0.4) is 0 Å². The predicted octanol–water partition coefficient (Wildman–Crippen LogP) is 5.15. The van der Waals surface area contributed by atoms with E-state index in [0.717, 1.165) is 12.1 Å². The van der Waals surface area contributed by atoms with Gasteiger partial charge in [0.25, 0.3) is 5.91 Å². The van der Waals surface area contributed by atoms with Gasteiger partial charge < -0.3 is 5.32 Å². The monoisotopic (exact) mass is 322 g/mol. The highest BCUT2D eigenvalue weighted by molar-refractivity contribution is 6.41. The molecule has 2 rings (SSSR count). The molecule has 0 spiro atoms. The van der Waals surface area contributed by atoms with Crippen molar-refractivity contribution in [1.29, 1.82) is 0 Å². The summed E-state index contributed by atoms with van der Waals surface area (Å²) >= 11 is 11.6. The maximum atomic E-state index is 12.1. The first-order valence-electron chi connectivity index (χ1n) is 6.73. The second-order valence-electron chi connectivity index (χ2n) is 4.88. The fourth-order valence-corrected chi connectivity index (χ4v) is 2.15. The van der Waals surface area contributed by atoms with Crippen LogP contribution in [0.2, 0.25) is 10.2 Å². The zero-order valence-electron chi connectivity index (χ0n) is 11.9. The first-order valence-corrected chi connectivity index (χ1v) is 7.49. The van der Waals surface area contributed by atoms with E-state index < -0.39 is 0 Å². The van der Waals surface area contributed by atoms with Crippen LogP contribution in [-0.4, -0.2) is 10.9 Å². The smallest absolute Gasteiger partial charge is 0.257 e. The lowest BCUT2D eigenvalue weighted by Crippen LogP contribution is -2.12. The van der Waals surface area contributed by atoms with Crippen molar-refractivity contribution in [3.05, 3.63) is 57.8 Å². The molecule has 0 aliphatic carbocycles. The summed E-state index contributed by atoms with van der Waals surface area (Å²) in [4.78, 5) is 16.0. The molecule has 0 aliphatic rings. The minimum absolute atomic E-state index is 0.186. The molecule has 21 heavy (non-hydrogen) atoms. The second kappa shape index (κ2) is 6.92. The molecule has 1 aromatic heterocycles. The van der Waals surface area contributed by atoms with E-state index in [2.05, 4.69) is 24.1 Å². The number of carbonyl (C=O) groups is 1. The quantitative estimate of drug-likeness (QED) is 0.790. The van der Waals surface area contributed by atoms with Gasteiger partial charge >= 0.3 is 0 Å². The standard InChI is InChI=1S/C16H16Cl2N2O/c1-3-10(2)11-4-6-13(7-5-11)20-16(21)12-8-14(17)15(18)19-9-12/h4-10H,3H2,1-2H3,(H,20,21)/t10-/m0/s1. The van der Waals surface area contributed by atoms with E-state index in [1.165, 1.54) is 17.8 Å². The highest BCUT2D eigenvalue weighted by atomic mass is 35.5. The van der Waals surface area contributed by atoms with Crippen molar-refractivity contribution in [2.24, 2.45) is 0 Å². The van der Waals surface area contributed by atoms with E-state index in [9.17, 15) is 4.79 Å². The molecule has 1 N–H and O–H groups in total. The zero-order chi connectivity index (χ0) is 15.4. The Kier molecular flexibility index (Phi) is 5.21. The van der Waals surface area contributed by atoms with Crippen molar-refractivity contribution < 1.29 is 4.79 Å². The van der Waals surface area contributed by atoms with Crippen LogP contribution in [-0.2, 0) is 0 Å². The van der Waals surface area contributed by atoms with Crippen LogP contribution in [0.25, 0.3) is 0 Å². The van der Waals surface area contributed by atoms with E-state index in [1.54, 1.807) is 0 Å². The number of amides is 1. The highest BCUT2D eigenvalue weighted by Gasteiger charge is 2.10. The van der Waals surface area contributed by atoms with Gasteiger partial charge in [0, 0.05) is 11.9 Å². The highest BCUT2D eigenvalue weighted by Crippen LogP contribution is 2.22. The molecular formula is C16H16Cl2N2O. The first-order chi connectivity index (χ1) is 10.0. The third kappa shape index (κ3) is 3.96. The number of hydrogen-bond donors (Lipinski definition) is 1. The first kappa shape index (κ1) is 15.8. The Morgan fingerprint density at radius 1 is 1.29 bits per heavy atom. The van der Waals surface area contributed by atoms with Crippen molar-refractivity contribution in [3.8, 4) is 0 Å². The number of benzene rings is 1. The van der Waals surface area contributed by atoms with Gasteiger partial charge in [-0.15, -0.1) is 0 Å². The topological polar surface area (TPSA) is 42.0 Å². The van der Waals surface area contributed by atoms with Crippen molar-refractivity contribution in [1.82, 2.24) is 4.98 Å². The van der Waals surface area contributed by atoms with Gasteiger partial charge in [-0.2, -0.15) is 0 Å². The molecular weight excluding hydrogens is 307 g/mol. The molecule has 3 nitrogen and oxygen atoms in total. The maximum absolute atomic E-state index is 12.1. The molecule has 5 heteroatoms. The summed E-state index contributed by atoms with van der Waals surface area (Å²) in [5.74, 6) is 0.242. The molecule has 0 unspecified atom stereocenters. The lowest BCUT2D eigenvalue weighted by molar-refractivity contribution is 0.102. The van der Waals surface area contributed by atoms with Crippen LogP contribution < -0.4 is 5.32 Å². The molecule has 110 valence electrons. The van der Waals surface area contributed by atoms with E-state index >= 15 is 0 Å². The van der Waals surface area contributed by atoms with E-state index in [4.69, 9.17) is 23.2 Å². The SMILES string of the molecule is CC[C@H](C)c1ccc(NC(=O)c2cnc(Cl)c(Cl)c2)cc1. The van der Waals surface area contributed by atoms with Gasteiger partial charge in [0.15, 0.2) is 0 Å². The van der Waals surface area contributed by atoms with Gasteiger partial charge in [0.1, 0.15) is 5.15 Å². The Labute approximate surface area is 134 Å². The van der Waals surface area contributed by atoms with Gasteiger partial charge in [0.2, 0.25) is 0 Å². The van der Waals surface area contributed by atoms with Gasteiger partial charge in [-0.1, -0.05) is 49.2 Å². The lowest BCUT2D eigenvalue weighted by atomic mass is 9.99. The molecule has 1 amide bonds. The van der Waals surface area contributed by atoms with Crippen molar-refractivity contribution in [2.75, 3.05) is 5.32 Å². The lowest BCUT2D eigenvalue weighted by Gasteiger charge is -2.10. The number of halogens is 2. The summed E-state index contributed by atoms with van der Waals surface area (Å²) in [6.45, 7) is 4.33. The number of nitrogens with zero attached hydrogens (tertiary/aromatic N) is 1.